The molecule has 1 atom stereocenters. The maximum atomic E-state index is 11.3. The Labute approximate surface area is 118 Å². The van der Waals surface area contributed by atoms with Gasteiger partial charge in [-0.05, 0) is 42.1 Å². The lowest BCUT2D eigenvalue weighted by atomic mass is 9.97. The van der Waals surface area contributed by atoms with E-state index in [4.69, 9.17) is 0 Å². The minimum atomic E-state index is -0.887. The van der Waals surface area contributed by atoms with Crippen molar-refractivity contribution in [3.63, 3.8) is 0 Å². The van der Waals surface area contributed by atoms with Crippen molar-refractivity contribution in [1.29, 1.82) is 0 Å². The summed E-state index contributed by atoms with van der Waals surface area (Å²) in [5.74, 6) is -0.887. The normalized spacial score (nSPS) is 18.1. The second kappa shape index (κ2) is 5.47. The van der Waals surface area contributed by atoms with E-state index in [9.17, 15) is 9.90 Å². The molecule has 0 saturated carbocycles. The van der Waals surface area contributed by atoms with Gasteiger partial charge in [-0.25, -0.2) is 4.79 Å². The third-order valence-electron chi connectivity index (χ3n) is 3.84. The van der Waals surface area contributed by atoms with E-state index in [1.54, 1.807) is 12.1 Å². The molecule has 2 aromatic rings. The number of benzene rings is 2. The Morgan fingerprint density at radius 1 is 1.10 bits per heavy atom. The molecule has 3 nitrogen and oxygen atoms in total. The van der Waals surface area contributed by atoms with Gasteiger partial charge in [0.25, 0.3) is 0 Å². The van der Waals surface area contributed by atoms with Crippen molar-refractivity contribution >= 4 is 5.97 Å². The number of carbonyl (C=O) groups is 1. The van der Waals surface area contributed by atoms with Crippen LogP contribution in [0.1, 0.15) is 34.8 Å². The first kappa shape index (κ1) is 12.9. The highest BCUT2D eigenvalue weighted by atomic mass is 16.4. The second-order valence-electron chi connectivity index (χ2n) is 5.12. The zero-order valence-corrected chi connectivity index (χ0v) is 11.2. The smallest absolute Gasteiger partial charge is 0.336 e. The summed E-state index contributed by atoms with van der Waals surface area (Å²) in [4.78, 5) is 11.3. The summed E-state index contributed by atoms with van der Waals surface area (Å²) in [5.41, 5.74) is 3.34. The van der Waals surface area contributed by atoms with Crippen molar-refractivity contribution in [3.8, 4) is 11.1 Å². The monoisotopic (exact) mass is 267 g/mol. The van der Waals surface area contributed by atoms with Crippen molar-refractivity contribution in [2.45, 2.75) is 18.9 Å². The summed E-state index contributed by atoms with van der Waals surface area (Å²) in [5, 5.41) is 12.7. The van der Waals surface area contributed by atoms with Gasteiger partial charge in [0, 0.05) is 6.04 Å². The van der Waals surface area contributed by atoms with Crippen molar-refractivity contribution in [3.05, 3.63) is 59.7 Å². The van der Waals surface area contributed by atoms with E-state index in [2.05, 4.69) is 17.4 Å². The Hall–Kier alpha value is -2.13. The molecule has 1 fully saturated rings. The molecule has 0 radical (unpaired) electrons. The number of hydrogen-bond acceptors (Lipinski definition) is 2. The molecule has 3 rings (SSSR count). The predicted molar refractivity (Wildman–Crippen MR) is 78.8 cm³/mol. The van der Waals surface area contributed by atoms with Gasteiger partial charge in [0.15, 0.2) is 0 Å². The molecule has 0 aliphatic carbocycles. The van der Waals surface area contributed by atoms with E-state index >= 15 is 0 Å². The molecule has 20 heavy (non-hydrogen) atoms. The molecule has 1 aliphatic rings. The van der Waals surface area contributed by atoms with Crippen LogP contribution in [0.15, 0.2) is 48.5 Å². The number of carboxylic acid groups (broad SMARTS) is 1. The topological polar surface area (TPSA) is 49.3 Å². The fourth-order valence-electron chi connectivity index (χ4n) is 2.79. The van der Waals surface area contributed by atoms with Crippen LogP contribution in [-0.2, 0) is 0 Å². The van der Waals surface area contributed by atoms with Crippen LogP contribution in [0, 0.1) is 0 Å². The zero-order valence-electron chi connectivity index (χ0n) is 11.2. The van der Waals surface area contributed by atoms with Gasteiger partial charge in [-0.3, -0.25) is 0 Å². The largest absolute Gasteiger partial charge is 0.478 e. The van der Waals surface area contributed by atoms with Crippen LogP contribution >= 0.6 is 0 Å². The molecule has 3 heteroatoms. The Kier molecular flexibility index (Phi) is 3.52. The summed E-state index contributed by atoms with van der Waals surface area (Å²) >= 11 is 0. The lowest BCUT2D eigenvalue weighted by molar-refractivity contribution is 0.0697. The molecule has 0 aromatic heterocycles. The molecule has 102 valence electrons. The number of aromatic carboxylic acids is 1. The molecule has 1 heterocycles. The molecule has 0 bridgehead atoms. The van der Waals surface area contributed by atoms with Gasteiger partial charge in [-0.2, -0.15) is 0 Å². The quantitative estimate of drug-likeness (QED) is 0.895. The average molecular weight is 267 g/mol. The van der Waals surface area contributed by atoms with E-state index in [1.165, 1.54) is 18.4 Å². The van der Waals surface area contributed by atoms with Crippen LogP contribution in [0.4, 0.5) is 0 Å². The Balaban J connectivity index is 1.93. The van der Waals surface area contributed by atoms with Crippen LogP contribution in [0.2, 0.25) is 0 Å². The highest BCUT2D eigenvalue weighted by Gasteiger charge is 2.16. The summed E-state index contributed by atoms with van der Waals surface area (Å²) in [6.07, 6.45) is 2.39. The van der Waals surface area contributed by atoms with Crippen LogP contribution in [0.5, 0.6) is 0 Å². The number of rotatable bonds is 3. The molecule has 2 aromatic carbocycles. The summed E-state index contributed by atoms with van der Waals surface area (Å²) in [6, 6.07) is 15.8. The van der Waals surface area contributed by atoms with Crippen LogP contribution in [0.25, 0.3) is 11.1 Å². The lowest BCUT2D eigenvalue weighted by Crippen LogP contribution is -2.12. The fraction of sp³-hybridized carbons (Fsp3) is 0.235. The standard InChI is InChI=1S/C17H17NO2/c19-17(20)15-5-2-1-4-14(15)12-7-9-13(10-8-12)16-6-3-11-18-16/h1-2,4-5,7-10,16,18H,3,6,11H2,(H,19,20)/t16-/m0/s1. The molecule has 1 saturated heterocycles. The lowest BCUT2D eigenvalue weighted by Gasteiger charge is -2.12. The number of carboxylic acids is 1. The minimum absolute atomic E-state index is 0.347. The Bertz CT molecular complexity index is 613. The first-order chi connectivity index (χ1) is 9.75. The van der Waals surface area contributed by atoms with Gasteiger partial charge in [-0.1, -0.05) is 42.5 Å². The Morgan fingerprint density at radius 2 is 1.85 bits per heavy atom. The first-order valence-electron chi connectivity index (χ1n) is 6.92. The van der Waals surface area contributed by atoms with Gasteiger partial charge in [0.05, 0.1) is 5.56 Å². The van der Waals surface area contributed by atoms with Crippen molar-refractivity contribution in [2.24, 2.45) is 0 Å². The van der Waals surface area contributed by atoms with Crippen LogP contribution in [0.3, 0.4) is 0 Å². The van der Waals surface area contributed by atoms with Gasteiger partial charge in [0.2, 0.25) is 0 Å². The van der Waals surface area contributed by atoms with Gasteiger partial charge >= 0.3 is 5.97 Å². The summed E-state index contributed by atoms with van der Waals surface area (Å²) in [6.45, 7) is 1.08. The van der Waals surface area contributed by atoms with E-state index in [0.717, 1.165) is 17.7 Å². The first-order valence-corrected chi connectivity index (χ1v) is 6.92. The maximum Gasteiger partial charge on any atom is 0.336 e. The second-order valence-corrected chi connectivity index (χ2v) is 5.12. The van der Waals surface area contributed by atoms with Gasteiger partial charge in [0.1, 0.15) is 0 Å². The molecule has 1 aliphatic heterocycles. The molecular weight excluding hydrogens is 250 g/mol. The molecule has 0 amide bonds. The predicted octanol–water partition coefficient (Wildman–Crippen LogP) is 3.48. The van der Waals surface area contributed by atoms with Crippen molar-refractivity contribution < 1.29 is 9.90 Å². The zero-order chi connectivity index (χ0) is 13.9. The number of hydrogen-bond donors (Lipinski definition) is 2. The molecule has 0 spiro atoms. The highest BCUT2D eigenvalue weighted by Crippen LogP contribution is 2.28. The Morgan fingerprint density at radius 3 is 2.50 bits per heavy atom. The molecular formula is C17H17NO2. The van der Waals surface area contributed by atoms with Crippen LogP contribution in [-0.4, -0.2) is 17.6 Å². The van der Waals surface area contributed by atoms with E-state index < -0.39 is 5.97 Å². The third kappa shape index (κ3) is 2.45. The van der Waals surface area contributed by atoms with Gasteiger partial charge < -0.3 is 10.4 Å². The average Bonchev–Trinajstić information content (AvgIpc) is 3.02. The third-order valence-corrected chi connectivity index (χ3v) is 3.84. The molecule has 0 unspecified atom stereocenters. The van der Waals surface area contributed by atoms with Gasteiger partial charge in [-0.15, -0.1) is 0 Å². The number of nitrogens with one attached hydrogen (secondary N) is 1. The minimum Gasteiger partial charge on any atom is -0.478 e. The highest BCUT2D eigenvalue weighted by molar-refractivity contribution is 5.95. The van der Waals surface area contributed by atoms with E-state index in [-0.39, 0.29) is 0 Å². The maximum absolute atomic E-state index is 11.3. The van der Waals surface area contributed by atoms with E-state index in [1.807, 2.05) is 24.3 Å². The van der Waals surface area contributed by atoms with E-state index in [0.29, 0.717) is 11.6 Å². The van der Waals surface area contributed by atoms with Crippen LogP contribution < -0.4 is 5.32 Å². The molecule has 2 N–H and O–H groups in total. The van der Waals surface area contributed by atoms with Crippen molar-refractivity contribution in [1.82, 2.24) is 5.32 Å². The SMILES string of the molecule is O=C(O)c1ccccc1-c1ccc([C@@H]2CCCN2)cc1. The summed E-state index contributed by atoms with van der Waals surface area (Å²) < 4.78 is 0. The fourth-order valence-corrected chi connectivity index (χ4v) is 2.79. The summed E-state index contributed by atoms with van der Waals surface area (Å²) in [7, 11) is 0. The van der Waals surface area contributed by atoms with Crippen molar-refractivity contribution in [2.75, 3.05) is 6.54 Å².